The highest BCUT2D eigenvalue weighted by Gasteiger charge is 2.26. The second kappa shape index (κ2) is 4.52. The van der Waals surface area contributed by atoms with Crippen molar-refractivity contribution in [1.82, 2.24) is 15.0 Å². The minimum atomic E-state index is 0.523. The summed E-state index contributed by atoms with van der Waals surface area (Å²) >= 11 is 0. The van der Waals surface area contributed by atoms with E-state index >= 15 is 0 Å². The van der Waals surface area contributed by atoms with Gasteiger partial charge in [0.25, 0.3) is 0 Å². The second-order valence-electron chi connectivity index (χ2n) is 5.66. The summed E-state index contributed by atoms with van der Waals surface area (Å²) in [5, 5.41) is 1.16. The number of hydrogen-bond acceptors (Lipinski definition) is 4. The van der Waals surface area contributed by atoms with E-state index in [-0.39, 0.29) is 0 Å². The van der Waals surface area contributed by atoms with E-state index in [1.165, 1.54) is 18.4 Å². The van der Waals surface area contributed by atoms with Gasteiger partial charge >= 0.3 is 0 Å². The van der Waals surface area contributed by atoms with Crippen molar-refractivity contribution in [2.45, 2.75) is 25.7 Å². The standard InChI is InChI=1S/C17H16N4/c1-10-8-15(19-13-5-3-2-4-12(10)13)17-20-14(11-6-7-11)9-16(18)21-17/h2-5,8-9,11H,6-7H2,1H3,(H2,18,20,21). The van der Waals surface area contributed by atoms with Crippen LogP contribution < -0.4 is 5.73 Å². The molecule has 4 nitrogen and oxygen atoms in total. The van der Waals surface area contributed by atoms with E-state index in [0.29, 0.717) is 17.6 Å². The van der Waals surface area contributed by atoms with Gasteiger partial charge in [-0.05, 0) is 37.5 Å². The molecule has 0 spiro atoms. The largest absolute Gasteiger partial charge is 0.384 e. The van der Waals surface area contributed by atoms with E-state index < -0.39 is 0 Å². The number of rotatable bonds is 2. The summed E-state index contributed by atoms with van der Waals surface area (Å²) in [5.41, 5.74) is 9.91. The Morgan fingerprint density at radius 2 is 1.86 bits per heavy atom. The molecule has 4 rings (SSSR count). The highest BCUT2D eigenvalue weighted by molar-refractivity contribution is 5.84. The van der Waals surface area contributed by atoms with Crippen LogP contribution in [-0.2, 0) is 0 Å². The van der Waals surface area contributed by atoms with Gasteiger partial charge in [0.15, 0.2) is 5.82 Å². The van der Waals surface area contributed by atoms with Crippen LogP contribution in [0.4, 0.5) is 5.82 Å². The normalized spacial score (nSPS) is 14.5. The molecule has 4 heteroatoms. The molecule has 1 saturated carbocycles. The van der Waals surface area contributed by atoms with Crippen molar-refractivity contribution < 1.29 is 0 Å². The van der Waals surface area contributed by atoms with Crippen LogP contribution in [0.3, 0.4) is 0 Å². The lowest BCUT2D eigenvalue weighted by molar-refractivity contribution is 0.993. The molecule has 2 N–H and O–H groups in total. The van der Waals surface area contributed by atoms with E-state index in [9.17, 15) is 0 Å². The fraction of sp³-hybridized carbons (Fsp3) is 0.235. The molecule has 1 aliphatic rings. The molecule has 0 amide bonds. The molecule has 21 heavy (non-hydrogen) atoms. The minimum Gasteiger partial charge on any atom is -0.384 e. The Labute approximate surface area is 123 Å². The van der Waals surface area contributed by atoms with Crippen LogP contribution in [-0.4, -0.2) is 15.0 Å². The Bertz CT molecular complexity index is 837. The summed E-state index contributed by atoms with van der Waals surface area (Å²) in [7, 11) is 0. The van der Waals surface area contributed by atoms with Gasteiger partial charge in [0.2, 0.25) is 0 Å². The van der Waals surface area contributed by atoms with Crippen LogP contribution in [0, 0.1) is 6.92 Å². The summed E-state index contributed by atoms with van der Waals surface area (Å²) in [6, 6.07) is 12.0. The van der Waals surface area contributed by atoms with Crippen LogP contribution in [0.2, 0.25) is 0 Å². The number of hydrogen-bond donors (Lipinski definition) is 1. The third-order valence-corrected chi connectivity index (χ3v) is 3.91. The van der Waals surface area contributed by atoms with Crippen molar-refractivity contribution in [2.24, 2.45) is 0 Å². The molecule has 1 aliphatic carbocycles. The average Bonchev–Trinajstić information content (AvgIpc) is 3.31. The lowest BCUT2D eigenvalue weighted by Gasteiger charge is -2.07. The first-order chi connectivity index (χ1) is 10.2. The minimum absolute atomic E-state index is 0.523. The van der Waals surface area contributed by atoms with Crippen molar-refractivity contribution in [3.8, 4) is 11.5 Å². The average molecular weight is 276 g/mol. The third kappa shape index (κ3) is 2.23. The van der Waals surface area contributed by atoms with E-state index in [2.05, 4.69) is 27.9 Å². The van der Waals surface area contributed by atoms with Gasteiger partial charge in [-0.3, -0.25) is 0 Å². The van der Waals surface area contributed by atoms with Crippen LogP contribution in [0.15, 0.2) is 36.4 Å². The molecule has 0 unspecified atom stereocenters. The molecule has 104 valence electrons. The molecule has 0 bridgehead atoms. The van der Waals surface area contributed by atoms with E-state index in [0.717, 1.165) is 22.3 Å². The Morgan fingerprint density at radius 3 is 2.67 bits per heavy atom. The Kier molecular flexibility index (Phi) is 2.64. The van der Waals surface area contributed by atoms with E-state index in [1.54, 1.807) is 0 Å². The third-order valence-electron chi connectivity index (χ3n) is 3.91. The van der Waals surface area contributed by atoms with Crippen molar-refractivity contribution in [3.63, 3.8) is 0 Å². The number of aromatic nitrogens is 3. The predicted octanol–water partition coefficient (Wildman–Crippen LogP) is 3.46. The molecule has 0 atom stereocenters. The summed E-state index contributed by atoms with van der Waals surface area (Å²) in [6.45, 7) is 2.08. The van der Waals surface area contributed by atoms with Crippen LogP contribution in [0.1, 0.15) is 30.0 Å². The molecule has 0 radical (unpaired) electrons. The Morgan fingerprint density at radius 1 is 1.05 bits per heavy atom. The quantitative estimate of drug-likeness (QED) is 0.778. The maximum absolute atomic E-state index is 5.93. The van der Waals surface area contributed by atoms with E-state index in [1.807, 2.05) is 30.3 Å². The molecule has 2 heterocycles. The molecular formula is C17H16N4. The smallest absolute Gasteiger partial charge is 0.180 e. The van der Waals surface area contributed by atoms with Crippen LogP contribution in [0.25, 0.3) is 22.4 Å². The number of para-hydroxylation sites is 1. The molecule has 1 fully saturated rings. The number of nitrogens with two attached hydrogens (primary N) is 1. The molecule has 3 aromatic rings. The highest BCUT2D eigenvalue weighted by atomic mass is 15.0. The molecule has 1 aromatic carbocycles. The fourth-order valence-electron chi connectivity index (χ4n) is 2.65. The number of fused-ring (bicyclic) bond motifs is 1. The summed E-state index contributed by atoms with van der Waals surface area (Å²) in [6.07, 6.45) is 2.39. The number of anilines is 1. The second-order valence-corrected chi connectivity index (χ2v) is 5.66. The van der Waals surface area contributed by atoms with Crippen molar-refractivity contribution in [1.29, 1.82) is 0 Å². The van der Waals surface area contributed by atoms with Gasteiger partial charge < -0.3 is 5.73 Å². The monoisotopic (exact) mass is 276 g/mol. The first-order valence-electron chi connectivity index (χ1n) is 7.22. The maximum atomic E-state index is 5.93. The topological polar surface area (TPSA) is 64.7 Å². The number of nitrogens with zero attached hydrogens (tertiary/aromatic N) is 3. The Balaban J connectivity index is 1.89. The summed E-state index contributed by atoms with van der Waals surface area (Å²) < 4.78 is 0. The van der Waals surface area contributed by atoms with Crippen LogP contribution in [0.5, 0.6) is 0 Å². The van der Waals surface area contributed by atoms with E-state index in [4.69, 9.17) is 5.73 Å². The van der Waals surface area contributed by atoms with Gasteiger partial charge in [0, 0.05) is 23.1 Å². The van der Waals surface area contributed by atoms with Crippen molar-refractivity contribution >= 4 is 16.7 Å². The lowest BCUT2D eigenvalue weighted by Crippen LogP contribution is -2.01. The molecule has 0 saturated heterocycles. The summed E-state index contributed by atoms with van der Waals surface area (Å²) in [5.74, 6) is 1.70. The molecule has 2 aromatic heterocycles. The summed E-state index contributed by atoms with van der Waals surface area (Å²) in [4.78, 5) is 13.7. The van der Waals surface area contributed by atoms with Gasteiger partial charge in [-0.1, -0.05) is 18.2 Å². The lowest BCUT2D eigenvalue weighted by atomic mass is 10.1. The zero-order chi connectivity index (χ0) is 14.4. The van der Waals surface area contributed by atoms with Gasteiger partial charge in [-0.25, -0.2) is 15.0 Å². The van der Waals surface area contributed by atoms with Gasteiger partial charge in [-0.15, -0.1) is 0 Å². The zero-order valence-corrected chi connectivity index (χ0v) is 11.9. The predicted molar refractivity (Wildman–Crippen MR) is 83.9 cm³/mol. The Hall–Kier alpha value is -2.49. The fourth-order valence-corrected chi connectivity index (χ4v) is 2.65. The first kappa shape index (κ1) is 12.3. The number of aryl methyl sites for hydroxylation is 1. The van der Waals surface area contributed by atoms with Crippen molar-refractivity contribution in [2.75, 3.05) is 5.73 Å². The van der Waals surface area contributed by atoms with Gasteiger partial charge in [0.05, 0.1) is 5.52 Å². The zero-order valence-electron chi connectivity index (χ0n) is 11.9. The number of pyridine rings is 1. The number of nitrogen functional groups attached to an aromatic ring is 1. The first-order valence-corrected chi connectivity index (χ1v) is 7.22. The SMILES string of the molecule is Cc1cc(-c2nc(N)cc(C3CC3)n2)nc2ccccc12. The van der Waals surface area contributed by atoms with Crippen LogP contribution >= 0.6 is 0 Å². The van der Waals surface area contributed by atoms with Gasteiger partial charge in [-0.2, -0.15) is 0 Å². The molecular weight excluding hydrogens is 260 g/mol. The van der Waals surface area contributed by atoms with Crippen molar-refractivity contribution in [3.05, 3.63) is 47.7 Å². The van der Waals surface area contributed by atoms with Gasteiger partial charge in [0.1, 0.15) is 11.5 Å². The number of benzene rings is 1. The maximum Gasteiger partial charge on any atom is 0.180 e. The highest BCUT2D eigenvalue weighted by Crippen LogP contribution is 2.39. The molecule has 0 aliphatic heterocycles.